The fourth-order valence-electron chi connectivity index (χ4n) is 2.27. The number of nitrogens with one attached hydrogen (secondary N) is 1. The standard InChI is InChI=1S/C17H17ClN2O5/c1-2-20(9-10-3-5-11(6-4-10)16(23)19-25)17(24)12-7-13(18)15(22)8-14(12)21/h3-8,21-22,25H,2,9H2,1H3,(H,19,23). The van der Waals surface area contributed by atoms with Crippen LogP contribution in [0.5, 0.6) is 11.5 Å². The topological polar surface area (TPSA) is 110 Å². The van der Waals surface area contributed by atoms with Crippen molar-refractivity contribution in [2.45, 2.75) is 13.5 Å². The number of hydrogen-bond acceptors (Lipinski definition) is 5. The van der Waals surface area contributed by atoms with Crippen LogP contribution < -0.4 is 5.48 Å². The van der Waals surface area contributed by atoms with E-state index in [1.165, 1.54) is 23.1 Å². The molecule has 0 aliphatic heterocycles. The molecule has 132 valence electrons. The normalized spacial score (nSPS) is 10.4. The number of aromatic hydroxyl groups is 2. The van der Waals surface area contributed by atoms with E-state index in [0.29, 0.717) is 6.54 Å². The number of phenols is 2. The molecule has 0 radical (unpaired) electrons. The van der Waals surface area contributed by atoms with Gasteiger partial charge in [-0.2, -0.15) is 0 Å². The number of nitrogens with zero attached hydrogens (tertiary/aromatic N) is 1. The molecule has 0 atom stereocenters. The second-order valence-electron chi connectivity index (χ2n) is 5.28. The molecule has 0 aromatic heterocycles. The van der Waals surface area contributed by atoms with Crippen LogP contribution in [0.15, 0.2) is 36.4 Å². The van der Waals surface area contributed by atoms with Crippen molar-refractivity contribution in [2.75, 3.05) is 6.54 Å². The largest absolute Gasteiger partial charge is 0.507 e. The Balaban J connectivity index is 2.21. The van der Waals surface area contributed by atoms with Crippen molar-refractivity contribution in [1.29, 1.82) is 0 Å². The van der Waals surface area contributed by atoms with Crippen LogP contribution in [0, 0.1) is 0 Å². The summed E-state index contributed by atoms with van der Waals surface area (Å²) in [5.74, 6) is -1.74. The summed E-state index contributed by atoms with van der Waals surface area (Å²) >= 11 is 5.81. The number of hydrogen-bond donors (Lipinski definition) is 4. The number of halogens is 1. The number of rotatable bonds is 5. The molecule has 7 nitrogen and oxygen atoms in total. The molecule has 0 fully saturated rings. The molecule has 8 heteroatoms. The molecule has 0 bridgehead atoms. The maximum atomic E-state index is 12.6. The van der Waals surface area contributed by atoms with Gasteiger partial charge in [0, 0.05) is 24.7 Å². The first-order valence-corrected chi connectivity index (χ1v) is 7.79. The zero-order chi connectivity index (χ0) is 18.6. The Morgan fingerprint density at radius 2 is 1.76 bits per heavy atom. The predicted molar refractivity (Wildman–Crippen MR) is 90.9 cm³/mol. The van der Waals surface area contributed by atoms with Crippen LogP contribution in [0.2, 0.25) is 5.02 Å². The number of benzene rings is 2. The van der Waals surface area contributed by atoms with Crippen LogP contribution in [-0.4, -0.2) is 38.7 Å². The molecule has 0 heterocycles. The Bertz CT molecular complexity index is 792. The molecule has 0 aliphatic carbocycles. The third-order valence-electron chi connectivity index (χ3n) is 3.66. The van der Waals surface area contributed by atoms with Crippen molar-refractivity contribution < 1.29 is 25.0 Å². The molecular weight excluding hydrogens is 348 g/mol. The maximum absolute atomic E-state index is 12.6. The van der Waals surface area contributed by atoms with Gasteiger partial charge < -0.3 is 15.1 Å². The molecule has 0 saturated heterocycles. The number of phenolic OH excluding ortho intramolecular Hbond substituents is 2. The van der Waals surface area contributed by atoms with Gasteiger partial charge in [0.25, 0.3) is 11.8 Å². The van der Waals surface area contributed by atoms with Gasteiger partial charge in [-0.15, -0.1) is 0 Å². The van der Waals surface area contributed by atoms with Gasteiger partial charge >= 0.3 is 0 Å². The quantitative estimate of drug-likeness (QED) is 0.481. The number of amides is 2. The first-order chi connectivity index (χ1) is 11.9. The minimum absolute atomic E-state index is 0.0130. The maximum Gasteiger partial charge on any atom is 0.274 e. The highest BCUT2D eigenvalue weighted by atomic mass is 35.5. The summed E-state index contributed by atoms with van der Waals surface area (Å²) in [7, 11) is 0. The van der Waals surface area contributed by atoms with E-state index < -0.39 is 11.8 Å². The van der Waals surface area contributed by atoms with Crippen LogP contribution in [0.4, 0.5) is 0 Å². The van der Waals surface area contributed by atoms with Crippen LogP contribution in [0.1, 0.15) is 33.2 Å². The Labute approximate surface area is 149 Å². The molecule has 0 aliphatic rings. The molecule has 2 amide bonds. The second kappa shape index (κ2) is 7.87. The van der Waals surface area contributed by atoms with Crippen molar-refractivity contribution >= 4 is 23.4 Å². The zero-order valence-electron chi connectivity index (χ0n) is 13.4. The van der Waals surface area contributed by atoms with Crippen molar-refractivity contribution in [3.63, 3.8) is 0 Å². The lowest BCUT2D eigenvalue weighted by Gasteiger charge is -2.22. The monoisotopic (exact) mass is 364 g/mol. The first kappa shape index (κ1) is 18.6. The fourth-order valence-corrected chi connectivity index (χ4v) is 2.43. The molecule has 25 heavy (non-hydrogen) atoms. The highest BCUT2D eigenvalue weighted by Gasteiger charge is 2.20. The number of hydroxylamine groups is 1. The van der Waals surface area contributed by atoms with E-state index in [-0.39, 0.29) is 34.2 Å². The summed E-state index contributed by atoms with van der Waals surface area (Å²) in [6, 6.07) is 8.59. The van der Waals surface area contributed by atoms with Crippen molar-refractivity contribution in [1.82, 2.24) is 10.4 Å². The Morgan fingerprint density at radius 1 is 1.12 bits per heavy atom. The lowest BCUT2D eigenvalue weighted by Crippen LogP contribution is -2.30. The summed E-state index contributed by atoms with van der Waals surface area (Å²) in [6.45, 7) is 2.40. The molecular formula is C17H17ClN2O5. The second-order valence-corrected chi connectivity index (χ2v) is 5.69. The summed E-state index contributed by atoms with van der Waals surface area (Å²) < 4.78 is 0. The van der Waals surface area contributed by atoms with Crippen molar-refractivity contribution in [2.24, 2.45) is 0 Å². The van der Waals surface area contributed by atoms with Crippen LogP contribution in [0.3, 0.4) is 0 Å². The van der Waals surface area contributed by atoms with E-state index in [2.05, 4.69) is 0 Å². The van der Waals surface area contributed by atoms with Gasteiger partial charge in [0.1, 0.15) is 11.5 Å². The zero-order valence-corrected chi connectivity index (χ0v) is 14.1. The van der Waals surface area contributed by atoms with Crippen LogP contribution >= 0.6 is 11.6 Å². The summed E-state index contributed by atoms with van der Waals surface area (Å²) in [6.07, 6.45) is 0. The minimum atomic E-state index is -0.626. The number of carbonyl (C=O) groups excluding carboxylic acids is 2. The minimum Gasteiger partial charge on any atom is -0.507 e. The van der Waals surface area contributed by atoms with Gasteiger partial charge in [-0.3, -0.25) is 14.8 Å². The third kappa shape index (κ3) is 4.20. The molecule has 4 N–H and O–H groups in total. The van der Waals surface area contributed by atoms with Crippen molar-refractivity contribution in [3.05, 3.63) is 58.1 Å². The first-order valence-electron chi connectivity index (χ1n) is 7.41. The van der Waals surface area contributed by atoms with E-state index >= 15 is 0 Å². The summed E-state index contributed by atoms with van der Waals surface area (Å²) in [4.78, 5) is 25.4. The van der Waals surface area contributed by atoms with Gasteiger partial charge in [0.2, 0.25) is 0 Å². The summed E-state index contributed by atoms with van der Waals surface area (Å²) in [5.41, 5.74) is 2.57. The van der Waals surface area contributed by atoms with E-state index in [0.717, 1.165) is 11.6 Å². The number of carbonyl (C=O) groups is 2. The highest BCUT2D eigenvalue weighted by molar-refractivity contribution is 6.32. The van der Waals surface area contributed by atoms with Crippen LogP contribution in [0.25, 0.3) is 0 Å². The molecule has 2 aromatic carbocycles. The van der Waals surface area contributed by atoms with E-state index in [1.54, 1.807) is 24.5 Å². The highest BCUT2D eigenvalue weighted by Crippen LogP contribution is 2.31. The van der Waals surface area contributed by atoms with Gasteiger partial charge in [-0.05, 0) is 30.7 Å². The Hall–Kier alpha value is -2.77. The molecule has 2 rings (SSSR count). The average molecular weight is 365 g/mol. The summed E-state index contributed by atoms with van der Waals surface area (Å²) in [5, 5.41) is 27.9. The molecule has 0 unspecified atom stereocenters. The molecule has 2 aromatic rings. The van der Waals surface area contributed by atoms with Crippen LogP contribution in [-0.2, 0) is 6.54 Å². The molecule has 0 spiro atoms. The van der Waals surface area contributed by atoms with Gasteiger partial charge in [0.05, 0.1) is 10.6 Å². The molecule has 0 saturated carbocycles. The fraction of sp³-hybridized carbons (Fsp3) is 0.176. The van der Waals surface area contributed by atoms with E-state index in [1.807, 2.05) is 0 Å². The average Bonchev–Trinajstić information content (AvgIpc) is 2.62. The van der Waals surface area contributed by atoms with Gasteiger partial charge in [-0.25, -0.2) is 5.48 Å². The van der Waals surface area contributed by atoms with E-state index in [9.17, 15) is 19.8 Å². The smallest absolute Gasteiger partial charge is 0.274 e. The Kier molecular flexibility index (Phi) is 5.84. The lowest BCUT2D eigenvalue weighted by atomic mass is 10.1. The van der Waals surface area contributed by atoms with Gasteiger partial charge in [0.15, 0.2) is 0 Å². The van der Waals surface area contributed by atoms with E-state index in [4.69, 9.17) is 16.8 Å². The SMILES string of the molecule is CCN(Cc1ccc(C(=O)NO)cc1)C(=O)c1cc(Cl)c(O)cc1O. The lowest BCUT2D eigenvalue weighted by molar-refractivity contribution is 0.0705. The Morgan fingerprint density at radius 3 is 2.32 bits per heavy atom. The van der Waals surface area contributed by atoms with Gasteiger partial charge in [-0.1, -0.05) is 23.7 Å². The third-order valence-corrected chi connectivity index (χ3v) is 3.96. The predicted octanol–water partition coefficient (Wildman–Crippen LogP) is 2.53. The van der Waals surface area contributed by atoms with Crippen molar-refractivity contribution in [3.8, 4) is 11.5 Å².